The summed E-state index contributed by atoms with van der Waals surface area (Å²) in [4.78, 5) is 2.30. The highest BCUT2D eigenvalue weighted by molar-refractivity contribution is 5.30. The molecule has 5 heteroatoms. The van der Waals surface area contributed by atoms with E-state index in [1.165, 1.54) is 12.1 Å². The second-order valence-corrected chi connectivity index (χ2v) is 5.21. The Bertz CT molecular complexity index is 425. The summed E-state index contributed by atoms with van der Waals surface area (Å²) in [6.45, 7) is 5.69. The van der Waals surface area contributed by atoms with Crippen LogP contribution in [-0.4, -0.2) is 37.1 Å². The molecule has 1 heterocycles. The van der Waals surface area contributed by atoms with Gasteiger partial charge in [0.15, 0.2) is 0 Å². The first kappa shape index (κ1) is 15.3. The van der Waals surface area contributed by atoms with Gasteiger partial charge in [0.2, 0.25) is 0 Å². The van der Waals surface area contributed by atoms with Crippen molar-refractivity contribution in [2.45, 2.75) is 32.0 Å². The van der Waals surface area contributed by atoms with Gasteiger partial charge in [-0.3, -0.25) is 4.90 Å². The molecule has 1 aliphatic rings. The number of benzene rings is 1. The first-order valence-corrected chi connectivity index (χ1v) is 7.12. The van der Waals surface area contributed by atoms with Crippen LogP contribution in [0.3, 0.4) is 0 Å². The molecular formula is C15H21F3N2. The molecule has 0 amide bonds. The summed E-state index contributed by atoms with van der Waals surface area (Å²) in [6.07, 6.45) is -2.93. The van der Waals surface area contributed by atoms with E-state index in [1.54, 1.807) is 12.1 Å². The first-order valence-electron chi connectivity index (χ1n) is 7.12. The molecule has 2 nitrogen and oxygen atoms in total. The van der Waals surface area contributed by atoms with Crippen LogP contribution in [0.1, 0.15) is 24.5 Å². The lowest BCUT2D eigenvalue weighted by atomic mass is 9.97. The third-order valence-corrected chi connectivity index (χ3v) is 3.92. The van der Waals surface area contributed by atoms with E-state index in [0.717, 1.165) is 32.6 Å². The van der Waals surface area contributed by atoms with Gasteiger partial charge >= 0.3 is 6.18 Å². The van der Waals surface area contributed by atoms with E-state index in [4.69, 9.17) is 0 Å². The summed E-state index contributed by atoms with van der Waals surface area (Å²) in [6, 6.07) is 6.11. The number of rotatable bonds is 4. The topological polar surface area (TPSA) is 15.3 Å². The summed E-state index contributed by atoms with van der Waals surface area (Å²) in [5.41, 5.74) is -0.0843. The summed E-state index contributed by atoms with van der Waals surface area (Å²) in [5, 5.41) is 3.27. The van der Waals surface area contributed by atoms with E-state index in [2.05, 4.69) is 10.2 Å². The molecule has 1 fully saturated rings. The maximum atomic E-state index is 13.0. The van der Waals surface area contributed by atoms with Gasteiger partial charge in [-0.1, -0.05) is 25.1 Å². The summed E-state index contributed by atoms with van der Waals surface area (Å²) in [7, 11) is 0. The first-order chi connectivity index (χ1) is 9.52. The molecule has 2 rings (SSSR count). The van der Waals surface area contributed by atoms with E-state index in [9.17, 15) is 13.2 Å². The highest BCUT2D eigenvalue weighted by Crippen LogP contribution is 2.32. The van der Waals surface area contributed by atoms with Crippen molar-refractivity contribution in [3.05, 3.63) is 35.4 Å². The molecule has 0 bridgehead atoms. The maximum absolute atomic E-state index is 13.0. The van der Waals surface area contributed by atoms with Crippen molar-refractivity contribution >= 4 is 0 Å². The van der Waals surface area contributed by atoms with Gasteiger partial charge in [0.25, 0.3) is 0 Å². The van der Waals surface area contributed by atoms with Crippen molar-refractivity contribution in [2.75, 3.05) is 26.2 Å². The molecule has 1 aromatic carbocycles. The fourth-order valence-corrected chi connectivity index (χ4v) is 2.81. The lowest BCUT2D eigenvalue weighted by Crippen LogP contribution is -2.49. The minimum Gasteiger partial charge on any atom is -0.314 e. The van der Waals surface area contributed by atoms with Crippen molar-refractivity contribution < 1.29 is 13.2 Å². The fourth-order valence-electron chi connectivity index (χ4n) is 2.81. The number of hydrogen-bond acceptors (Lipinski definition) is 2. The molecule has 1 unspecified atom stereocenters. The molecule has 112 valence electrons. The van der Waals surface area contributed by atoms with Crippen LogP contribution in [0.25, 0.3) is 0 Å². The number of nitrogens with one attached hydrogen (secondary N) is 1. The molecule has 20 heavy (non-hydrogen) atoms. The minimum atomic E-state index is -4.27. The van der Waals surface area contributed by atoms with E-state index in [0.29, 0.717) is 12.0 Å². The zero-order valence-corrected chi connectivity index (χ0v) is 11.7. The summed E-state index contributed by atoms with van der Waals surface area (Å²) in [5.74, 6) is 0. The second kappa shape index (κ2) is 6.59. The van der Waals surface area contributed by atoms with Gasteiger partial charge in [0, 0.05) is 32.2 Å². The van der Waals surface area contributed by atoms with E-state index >= 15 is 0 Å². The van der Waals surface area contributed by atoms with E-state index < -0.39 is 11.7 Å². The number of nitrogens with zero attached hydrogens (tertiary/aromatic N) is 1. The van der Waals surface area contributed by atoms with Gasteiger partial charge in [-0.2, -0.15) is 13.2 Å². The van der Waals surface area contributed by atoms with E-state index in [-0.39, 0.29) is 6.04 Å². The number of alkyl halides is 3. The van der Waals surface area contributed by atoms with Gasteiger partial charge in [0.1, 0.15) is 0 Å². The molecule has 1 aromatic rings. The van der Waals surface area contributed by atoms with Crippen molar-refractivity contribution in [2.24, 2.45) is 0 Å². The average molecular weight is 286 g/mol. The van der Waals surface area contributed by atoms with Gasteiger partial charge < -0.3 is 5.32 Å². The lowest BCUT2D eigenvalue weighted by molar-refractivity contribution is -0.138. The largest absolute Gasteiger partial charge is 0.416 e. The molecule has 0 saturated carbocycles. The SMILES string of the molecule is CCC(Cc1ccccc1C(F)(F)F)N1CCNCC1. The number of piperazine rings is 1. The lowest BCUT2D eigenvalue weighted by Gasteiger charge is -2.35. The summed E-state index contributed by atoms with van der Waals surface area (Å²) >= 11 is 0. The molecule has 1 N–H and O–H groups in total. The standard InChI is InChI=1S/C15H21F3N2/c1-2-13(20-9-7-19-8-10-20)11-12-5-3-4-6-14(12)15(16,17)18/h3-6,13,19H,2,7-11H2,1H3. The predicted octanol–water partition coefficient (Wildman–Crippen LogP) is 2.93. The van der Waals surface area contributed by atoms with Gasteiger partial charge in [-0.15, -0.1) is 0 Å². The van der Waals surface area contributed by atoms with Crippen LogP contribution in [0.5, 0.6) is 0 Å². The minimum absolute atomic E-state index is 0.181. The third kappa shape index (κ3) is 3.73. The average Bonchev–Trinajstić information content (AvgIpc) is 2.45. The molecule has 0 aromatic heterocycles. The Morgan fingerprint density at radius 3 is 2.45 bits per heavy atom. The molecular weight excluding hydrogens is 265 g/mol. The molecule has 1 atom stereocenters. The number of halogens is 3. The van der Waals surface area contributed by atoms with Crippen molar-refractivity contribution in [1.82, 2.24) is 10.2 Å². The molecule has 0 radical (unpaired) electrons. The Hall–Kier alpha value is -1.07. The normalized spacial score (nSPS) is 19.0. The maximum Gasteiger partial charge on any atom is 0.416 e. The quantitative estimate of drug-likeness (QED) is 0.915. The van der Waals surface area contributed by atoms with Crippen LogP contribution < -0.4 is 5.32 Å². The zero-order valence-electron chi connectivity index (χ0n) is 11.7. The predicted molar refractivity (Wildman–Crippen MR) is 73.7 cm³/mol. The zero-order chi connectivity index (χ0) is 14.6. The van der Waals surface area contributed by atoms with Crippen LogP contribution in [0, 0.1) is 0 Å². The van der Waals surface area contributed by atoms with Gasteiger partial charge in [-0.25, -0.2) is 0 Å². The Morgan fingerprint density at radius 1 is 1.20 bits per heavy atom. The van der Waals surface area contributed by atoms with Crippen molar-refractivity contribution in [3.63, 3.8) is 0 Å². The second-order valence-electron chi connectivity index (χ2n) is 5.21. The van der Waals surface area contributed by atoms with Crippen LogP contribution in [0.2, 0.25) is 0 Å². The van der Waals surface area contributed by atoms with Crippen LogP contribution in [0.15, 0.2) is 24.3 Å². The van der Waals surface area contributed by atoms with Gasteiger partial charge in [0.05, 0.1) is 5.56 Å². The Morgan fingerprint density at radius 2 is 1.85 bits per heavy atom. The highest BCUT2D eigenvalue weighted by Gasteiger charge is 2.33. The van der Waals surface area contributed by atoms with E-state index in [1.807, 2.05) is 6.92 Å². The number of hydrogen-bond donors (Lipinski definition) is 1. The van der Waals surface area contributed by atoms with Crippen molar-refractivity contribution in [1.29, 1.82) is 0 Å². The van der Waals surface area contributed by atoms with Crippen LogP contribution >= 0.6 is 0 Å². The Kier molecular flexibility index (Phi) is 5.05. The highest BCUT2D eigenvalue weighted by atomic mass is 19.4. The van der Waals surface area contributed by atoms with Crippen LogP contribution in [0.4, 0.5) is 13.2 Å². The molecule has 1 aliphatic heterocycles. The Labute approximate surface area is 118 Å². The van der Waals surface area contributed by atoms with Gasteiger partial charge in [-0.05, 0) is 24.5 Å². The Balaban J connectivity index is 2.15. The molecule has 0 aliphatic carbocycles. The molecule has 0 spiro atoms. The smallest absolute Gasteiger partial charge is 0.314 e. The summed E-state index contributed by atoms with van der Waals surface area (Å²) < 4.78 is 39.1. The van der Waals surface area contributed by atoms with Crippen LogP contribution in [-0.2, 0) is 12.6 Å². The van der Waals surface area contributed by atoms with Crippen molar-refractivity contribution in [3.8, 4) is 0 Å². The third-order valence-electron chi connectivity index (χ3n) is 3.92. The monoisotopic (exact) mass is 286 g/mol. The molecule has 1 saturated heterocycles. The fraction of sp³-hybridized carbons (Fsp3) is 0.600.